The Morgan fingerprint density at radius 1 is 1.18 bits per heavy atom. The number of nitrogens with one attached hydrogen (secondary N) is 1. The van der Waals surface area contributed by atoms with Gasteiger partial charge in [0.15, 0.2) is 5.82 Å². The molecule has 0 saturated carbocycles. The van der Waals surface area contributed by atoms with Crippen molar-refractivity contribution in [2.75, 3.05) is 7.05 Å². The highest BCUT2D eigenvalue weighted by atomic mass is 14.9. The van der Waals surface area contributed by atoms with Gasteiger partial charge in [0.25, 0.3) is 0 Å². The van der Waals surface area contributed by atoms with Crippen LogP contribution in [0.1, 0.15) is 17.0 Å². The highest BCUT2D eigenvalue weighted by molar-refractivity contribution is 5.50. The normalized spacial score (nSPS) is 10.5. The van der Waals surface area contributed by atoms with Crippen LogP contribution < -0.4 is 5.32 Å². The SMILES string of the molecule is CNCc1cc(C)nc(-c2cc(C)ccn2)n1. The van der Waals surface area contributed by atoms with Gasteiger partial charge < -0.3 is 5.32 Å². The van der Waals surface area contributed by atoms with Gasteiger partial charge in [0.1, 0.15) is 5.69 Å². The third-order valence-electron chi connectivity index (χ3n) is 2.41. The van der Waals surface area contributed by atoms with Crippen LogP contribution in [0.15, 0.2) is 24.4 Å². The van der Waals surface area contributed by atoms with Crippen LogP contribution in [0, 0.1) is 13.8 Å². The van der Waals surface area contributed by atoms with Crippen LogP contribution in [0.3, 0.4) is 0 Å². The molecule has 0 unspecified atom stereocenters. The first kappa shape index (κ1) is 11.7. The average Bonchev–Trinajstić information content (AvgIpc) is 2.28. The fourth-order valence-electron chi connectivity index (χ4n) is 1.68. The van der Waals surface area contributed by atoms with Crippen molar-refractivity contribution in [1.82, 2.24) is 20.3 Å². The molecule has 4 heteroatoms. The molecule has 17 heavy (non-hydrogen) atoms. The van der Waals surface area contributed by atoms with Gasteiger partial charge in [0, 0.05) is 18.4 Å². The van der Waals surface area contributed by atoms with Crippen LogP contribution in [0.2, 0.25) is 0 Å². The van der Waals surface area contributed by atoms with Gasteiger partial charge in [-0.1, -0.05) is 0 Å². The van der Waals surface area contributed by atoms with Crippen LogP contribution in [-0.2, 0) is 6.54 Å². The fourth-order valence-corrected chi connectivity index (χ4v) is 1.68. The molecule has 0 fully saturated rings. The summed E-state index contributed by atoms with van der Waals surface area (Å²) in [5.41, 5.74) is 3.93. The summed E-state index contributed by atoms with van der Waals surface area (Å²) < 4.78 is 0. The van der Waals surface area contributed by atoms with Crippen molar-refractivity contribution in [3.8, 4) is 11.5 Å². The zero-order chi connectivity index (χ0) is 12.3. The Hall–Kier alpha value is -1.81. The minimum atomic E-state index is 0.693. The lowest BCUT2D eigenvalue weighted by atomic mass is 10.2. The number of pyridine rings is 1. The summed E-state index contributed by atoms with van der Waals surface area (Å²) in [6.07, 6.45) is 1.79. The fraction of sp³-hybridized carbons (Fsp3) is 0.308. The second kappa shape index (κ2) is 5.01. The van der Waals surface area contributed by atoms with E-state index in [1.54, 1.807) is 6.20 Å². The first-order valence-electron chi connectivity index (χ1n) is 5.61. The molecule has 4 nitrogen and oxygen atoms in total. The molecule has 0 amide bonds. The topological polar surface area (TPSA) is 50.7 Å². The summed E-state index contributed by atoms with van der Waals surface area (Å²) in [4.78, 5) is 13.2. The lowest BCUT2D eigenvalue weighted by Crippen LogP contribution is -2.09. The Morgan fingerprint density at radius 2 is 2.00 bits per heavy atom. The zero-order valence-corrected chi connectivity index (χ0v) is 10.4. The third-order valence-corrected chi connectivity index (χ3v) is 2.41. The minimum absolute atomic E-state index is 0.693. The molecule has 2 aromatic heterocycles. The van der Waals surface area contributed by atoms with Crippen LogP contribution in [0.4, 0.5) is 0 Å². The maximum atomic E-state index is 4.50. The number of rotatable bonds is 3. The molecular formula is C13H16N4. The molecule has 0 aliphatic carbocycles. The van der Waals surface area contributed by atoms with Crippen LogP contribution in [0.25, 0.3) is 11.5 Å². The largest absolute Gasteiger partial charge is 0.314 e. The second-order valence-corrected chi connectivity index (χ2v) is 4.07. The van der Waals surface area contributed by atoms with E-state index in [1.807, 2.05) is 39.1 Å². The first-order valence-corrected chi connectivity index (χ1v) is 5.61. The van der Waals surface area contributed by atoms with E-state index in [0.717, 1.165) is 29.2 Å². The van der Waals surface area contributed by atoms with Gasteiger partial charge in [0.05, 0.1) is 5.69 Å². The molecule has 2 aromatic rings. The lowest BCUT2D eigenvalue weighted by Gasteiger charge is -2.05. The smallest absolute Gasteiger partial charge is 0.178 e. The van der Waals surface area contributed by atoms with E-state index in [-0.39, 0.29) is 0 Å². The predicted molar refractivity (Wildman–Crippen MR) is 67.5 cm³/mol. The lowest BCUT2D eigenvalue weighted by molar-refractivity contribution is 0.784. The summed E-state index contributed by atoms with van der Waals surface area (Å²) in [5.74, 6) is 0.693. The molecule has 0 atom stereocenters. The summed E-state index contributed by atoms with van der Waals surface area (Å²) in [6.45, 7) is 4.75. The van der Waals surface area contributed by atoms with E-state index in [1.165, 1.54) is 0 Å². The summed E-state index contributed by atoms with van der Waals surface area (Å²) >= 11 is 0. The highest BCUT2D eigenvalue weighted by Crippen LogP contribution is 2.14. The van der Waals surface area contributed by atoms with E-state index < -0.39 is 0 Å². The molecule has 0 aliphatic rings. The Morgan fingerprint density at radius 3 is 2.71 bits per heavy atom. The van der Waals surface area contributed by atoms with Gasteiger partial charge in [-0.25, -0.2) is 9.97 Å². The monoisotopic (exact) mass is 228 g/mol. The van der Waals surface area contributed by atoms with Crippen LogP contribution in [-0.4, -0.2) is 22.0 Å². The van der Waals surface area contributed by atoms with Gasteiger partial charge in [-0.3, -0.25) is 4.98 Å². The van der Waals surface area contributed by atoms with Gasteiger partial charge >= 0.3 is 0 Å². The molecule has 0 aliphatic heterocycles. The Balaban J connectivity index is 2.44. The molecule has 0 spiro atoms. The number of hydrogen-bond donors (Lipinski definition) is 1. The molecule has 2 rings (SSSR count). The molecule has 0 bridgehead atoms. The number of aryl methyl sites for hydroxylation is 2. The number of nitrogens with zero attached hydrogens (tertiary/aromatic N) is 3. The van der Waals surface area contributed by atoms with Crippen molar-refractivity contribution >= 4 is 0 Å². The maximum Gasteiger partial charge on any atom is 0.178 e. The molecule has 2 heterocycles. The summed E-state index contributed by atoms with van der Waals surface area (Å²) in [5, 5.41) is 3.09. The van der Waals surface area contributed by atoms with Crippen molar-refractivity contribution in [2.45, 2.75) is 20.4 Å². The van der Waals surface area contributed by atoms with Gasteiger partial charge in [-0.05, 0) is 44.7 Å². The molecule has 1 N–H and O–H groups in total. The molecule has 0 saturated heterocycles. The minimum Gasteiger partial charge on any atom is -0.314 e. The second-order valence-electron chi connectivity index (χ2n) is 4.07. The standard InChI is InChI=1S/C13H16N4/c1-9-4-5-15-12(6-9)13-16-10(2)7-11(17-13)8-14-3/h4-7,14H,8H2,1-3H3. The van der Waals surface area contributed by atoms with E-state index in [4.69, 9.17) is 0 Å². The number of aromatic nitrogens is 3. The Bertz CT molecular complexity index is 523. The molecule has 0 aromatic carbocycles. The number of hydrogen-bond acceptors (Lipinski definition) is 4. The quantitative estimate of drug-likeness (QED) is 0.871. The first-order chi connectivity index (χ1) is 8.19. The predicted octanol–water partition coefficient (Wildman–Crippen LogP) is 1.87. The van der Waals surface area contributed by atoms with Crippen molar-refractivity contribution in [3.63, 3.8) is 0 Å². The van der Waals surface area contributed by atoms with E-state index in [9.17, 15) is 0 Å². The molecule has 0 radical (unpaired) electrons. The van der Waals surface area contributed by atoms with Crippen LogP contribution in [0.5, 0.6) is 0 Å². The van der Waals surface area contributed by atoms with E-state index in [2.05, 4.69) is 20.3 Å². The van der Waals surface area contributed by atoms with Crippen LogP contribution >= 0.6 is 0 Å². The van der Waals surface area contributed by atoms with Crippen molar-refractivity contribution in [1.29, 1.82) is 0 Å². The summed E-state index contributed by atoms with van der Waals surface area (Å²) in [7, 11) is 1.90. The zero-order valence-electron chi connectivity index (χ0n) is 10.4. The van der Waals surface area contributed by atoms with Gasteiger partial charge in [-0.15, -0.1) is 0 Å². The Kier molecular flexibility index (Phi) is 3.44. The average molecular weight is 228 g/mol. The van der Waals surface area contributed by atoms with Crippen molar-refractivity contribution in [3.05, 3.63) is 41.3 Å². The highest BCUT2D eigenvalue weighted by Gasteiger charge is 2.05. The van der Waals surface area contributed by atoms with Gasteiger partial charge in [-0.2, -0.15) is 0 Å². The van der Waals surface area contributed by atoms with Crippen molar-refractivity contribution in [2.24, 2.45) is 0 Å². The molecule has 88 valence electrons. The maximum absolute atomic E-state index is 4.50. The third kappa shape index (κ3) is 2.85. The summed E-state index contributed by atoms with van der Waals surface area (Å²) in [6, 6.07) is 5.95. The Labute approximate surface area is 101 Å². The van der Waals surface area contributed by atoms with Gasteiger partial charge in [0.2, 0.25) is 0 Å². The van der Waals surface area contributed by atoms with E-state index in [0.29, 0.717) is 5.82 Å². The van der Waals surface area contributed by atoms with E-state index >= 15 is 0 Å². The molecular weight excluding hydrogens is 212 g/mol. The van der Waals surface area contributed by atoms with Crippen molar-refractivity contribution < 1.29 is 0 Å².